The van der Waals surface area contributed by atoms with E-state index in [0.29, 0.717) is 0 Å². The molecule has 0 heterocycles. The van der Waals surface area contributed by atoms with Crippen molar-refractivity contribution >= 4 is 12.1 Å². The Morgan fingerprint density at radius 3 is 2.00 bits per heavy atom. The molecule has 0 aromatic heterocycles. The molecular formula is C26H29NO4. The Hall–Kier alpha value is -2.82. The van der Waals surface area contributed by atoms with Gasteiger partial charge in [-0.3, -0.25) is 9.69 Å². The molecule has 1 amide bonds. The molecule has 0 atom stereocenters. The maximum absolute atomic E-state index is 13.1. The zero-order valence-corrected chi connectivity index (χ0v) is 18.4. The molecule has 6 rings (SSSR count). The van der Waals surface area contributed by atoms with E-state index < -0.39 is 12.1 Å². The summed E-state index contributed by atoms with van der Waals surface area (Å²) in [6.07, 6.45) is 2.08. The molecule has 4 aliphatic rings. The number of carbonyl (C=O) groups excluding carboxylic acids is 1. The number of carboxylic acids is 1. The summed E-state index contributed by atoms with van der Waals surface area (Å²) in [6.45, 7) is 6.58. The molecule has 4 aliphatic carbocycles. The summed E-state index contributed by atoms with van der Waals surface area (Å²) >= 11 is 0. The van der Waals surface area contributed by atoms with Gasteiger partial charge in [-0.1, -0.05) is 69.3 Å². The van der Waals surface area contributed by atoms with Crippen molar-refractivity contribution in [1.29, 1.82) is 0 Å². The van der Waals surface area contributed by atoms with E-state index in [9.17, 15) is 14.7 Å². The van der Waals surface area contributed by atoms with Gasteiger partial charge in [0.25, 0.3) is 0 Å². The smallest absolute Gasteiger partial charge is 0.410 e. The van der Waals surface area contributed by atoms with E-state index in [-0.39, 0.29) is 35.4 Å². The van der Waals surface area contributed by atoms with E-state index in [4.69, 9.17) is 4.74 Å². The van der Waals surface area contributed by atoms with Crippen molar-refractivity contribution in [2.75, 3.05) is 13.2 Å². The second-order valence-electron chi connectivity index (χ2n) is 10.6. The van der Waals surface area contributed by atoms with Crippen molar-refractivity contribution in [2.24, 2.45) is 10.8 Å². The van der Waals surface area contributed by atoms with Crippen molar-refractivity contribution in [3.8, 4) is 11.1 Å². The van der Waals surface area contributed by atoms with Crippen LogP contribution in [0, 0.1) is 10.8 Å². The average Bonchev–Trinajstić information content (AvgIpc) is 2.96. The molecule has 31 heavy (non-hydrogen) atoms. The lowest BCUT2D eigenvalue weighted by Crippen LogP contribution is -2.79. The van der Waals surface area contributed by atoms with Gasteiger partial charge in [0.15, 0.2) is 0 Å². The SMILES string of the molecule is CC(C)(C)C12CC(N(CC(=O)O)C(=O)OCC3c4ccccc4-c4ccccc43)(C1)C2. The number of hydrogen-bond donors (Lipinski definition) is 1. The van der Waals surface area contributed by atoms with Crippen molar-refractivity contribution in [3.05, 3.63) is 59.7 Å². The largest absolute Gasteiger partial charge is 0.480 e. The lowest BCUT2D eigenvalue weighted by molar-refractivity contribution is -0.257. The molecule has 1 N–H and O–H groups in total. The Morgan fingerprint density at radius 1 is 1.00 bits per heavy atom. The molecule has 0 radical (unpaired) electrons. The van der Waals surface area contributed by atoms with Crippen molar-refractivity contribution < 1.29 is 19.4 Å². The minimum Gasteiger partial charge on any atom is -0.480 e. The fourth-order valence-corrected chi connectivity index (χ4v) is 6.05. The van der Waals surface area contributed by atoms with Crippen LogP contribution >= 0.6 is 0 Å². The predicted molar refractivity (Wildman–Crippen MR) is 118 cm³/mol. The molecule has 0 saturated heterocycles. The molecular weight excluding hydrogens is 390 g/mol. The number of hydrogen-bond acceptors (Lipinski definition) is 3. The third-order valence-corrected chi connectivity index (χ3v) is 8.02. The van der Waals surface area contributed by atoms with Crippen LogP contribution in [0.3, 0.4) is 0 Å². The Kier molecular flexibility index (Phi) is 4.27. The number of rotatable bonds is 5. The van der Waals surface area contributed by atoms with Gasteiger partial charge in [-0.25, -0.2) is 4.79 Å². The maximum atomic E-state index is 13.1. The van der Waals surface area contributed by atoms with Crippen LogP contribution in [0.2, 0.25) is 0 Å². The van der Waals surface area contributed by atoms with E-state index in [2.05, 4.69) is 45.0 Å². The number of carboxylic acid groups (broad SMARTS) is 1. The number of ether oxygens (including phenoxy) is 1. The second kappa shape index (κ2) is 6.59. The summed E-state index contributed by atoms with van der Waals surface area (Å²) in [4.78, 5) is 26.1. The van der Waals surface area contributed by atoms with Gasteiger partial charge in [0.2, 0.25) is 0 Å². The first-order valence-corrected chi connectivity index (χ1v) is 11.0. The van der Waals surface area contributed by atoms with Crippen LogP contribution in [0.4, 0.5) is 4.79 Å². The summed E-state index contributed by atoms with van der Waals surface area (Å²) in [7, 11) is 0. The summed E-state index contributed by atoms with van der Waals surface area (Å²) in [5.74, 6) is -1.03. The fourth-order valence-electron chi connectivity index (χ4n) is 6.05. The maximum Gasteiger partial charge on any atom is 0.410 e. The highest BCUT2D eigenvalue weighted by Crippen LogP contribution is 2.76. The third kappa shape index (κ3) is 2.89. The third-order valence-electron chi connectivity index (χ3n) is 8.02. The van der Waals surface area contributed by atoms with Gasteiger partial charge in [-0.05, 0) is 52.3 Å². The Morgan fingerprint density at radius 2 is 1.52 bits per heavy atom. The second-order valence-corrected chi connectivity index (χ2v) is 10.6. The van der Waals surface area contributed by atoms with E-state index in [1.54, 1.807) is 0 Å². The first kappa shape index (κ1) is 20.1. The zero-order chi connectivity index (χ0) is 22.0. The average molecular weight is 420 g/mol. The summed E-state index contributed by atoms with van der Waals surface area (Å²) in [5.41, 5.74) is 4.67. The molecule has 2 bridgehead atoms. The van der Waals surface area contributed by atoms with Crippen LogP contribution in [0.1, 0.15) is 57.1 Å². The lowest BCUT2D eigenvalue weighted by atomic mass is 9.32. The number of carbonyl (C=O) groups is 2. The minimum atomic E-state index is -0.997. The Bertz CT molecular complexity index is 1000. The number of benzene rings is 2. The molecule has 5 nitrogen and oxygen atoms in total. The van der Waals surface area contributed by atoms with Crippen LogP contribution in [0.5, 0.6) is 0 Å². The molecule has 0 aliphatic heterocycles. The summed E-state index contributed by atoms with van der Waals surface area (Å²) in [6, 6.07) is 16.4. The summed E-state index contributed by atoms with van der Waals surface area (Å²) in [5, 5.41) is 9.45. The molecule has 0 unspecified atom stereocenters. The standard InChI is InChI=1S/C26H29NO4/c1-24(2,3)25-14-26(15-25,16-25)27(12-22(28)29)23(30)31-13-21-19-10-6-4-8-17(19)18-9-5-7-11-20(18)21/h4-11,21H,12-16H2,1-3H3,(H,28,29). The number of amides is 1. The number of aliphatic carboxylic acids is 1. The molecule has 162 valence electrons. The lowest BCUT2D eigenvalue weighted by Gasteiger charge is -2.77. The van der Waals surface area contributed by atoms with Gasteiger partial charge in [0.1, 0.15) is 13.2 Å². The van der Waals surface area contributed by atoms with Crippen LogP contribution in [-0.4, -0.2) is 40.8 Å². The monoisotopic (exact) mass is 419 g/mol. The molecule has 2 aromatic carbocycles. The van der Waals surface area contributed by atoms with Gasteiger partial charge in [0, 0.05) is 11.5 Å². The van der Waals surface area contributed by atoms with Crippen molar-refractivity contribution in [1.82, 2.24) is 4.90 Å². The van der Waals surface area contributed by atoms with Crippen LogP contribution < -0.4 is 0 Å². The quantitative estimate of drug-likeness (QED) is 0.715. The van der Waals surface area contributed by atoms with Crippen LogP contribution in [0.25, 0.3) is 11.1 Å². The van der Waals surface area contributed by atoms with Gasteiger partial charge < -0.3 is 9.84 Å². The van der Waals surface area contributed by atoms with E-state index in [1.165, 1.54) is 16.0 Å². The predicted octanol–water partition coefficient (Wildman–Crippen LogP) is 5.29. The highest BCUT2D eigenvalue weighted by atomic mass is 16.6. The number of nitrogens with zero attached hydrogens (tertiary/aromatic N) is 1. The Labute approximate surface area is 183 Å². The van der Waals surface area contributed by atoms with Gasteiger partial charge in [-0.15, -0.1) is 0 Å². The molecule has 3 saturated carbocycles. The first-order chi connectivity index (χ1) is 14.7. The van der Waals surface area contributed by atoms with Gasteiger partial charge in [-0.2, -0.15) is 0 Å². The van der Waals surface area contributed by atoms with Crippen molar-refractivity contribution in [2.45, 2.75) is 51.5 Å². The van der Waals surface area contributed by atoms with Crippen LogP contribution in [-0.2, 0) is 9.53 Å². The summed E-state index contributed by atoms with van der Waals surface area (Å²) < 4.78 is 5.79. The molecule has 3 fully saturated rings. The fraction of sp³-hybridized carbons (Fsp3) is 0.462. The van der Waals surface area contributed by atoms with Gasteiger partial charge >= 0.3 is 12.1 Å². The topological polar surface area (TPSA) is 66.8 Å². The van der Waals surface area contributed by atoms with Gasteiger partial charge in [0.05, 0.1) is 0 Å². The van der Waals surface area contributed by atoms with Crippen molar-refractivity contribution in [3.63, 3.8) is 0 Å². The molecule has 2 aromatic rings. The first-order valence-electron chi connectivity index (χ1n) is 11.0. The molecule has 0 spiro atoms. The number of fused-ring (bicyclic) bond motifs is 3. The highest BCUT2D eigenvalue weighted by Gasteiger charge is 2.74. The normalized spacial score (nSPS) is 25.6. The Balaban J connectivity index is 1.33. The van der Waals surface area contributed by atoms with E-state index in [1.807, 2.05) is 24.3 Å². The zero-order valence-electron chi connectivity index (χ0n) is 18.4. The van der Waals surface area contributed by atoms with Crippen LogP contribution in [0.15, 0.2) is 48.5 Å². The highest BCUT2D eigenvalue weighted by molar-refractivity contribution is 5.80. The minimum absolute atomic E-state index is 0.0306. The van der Waals surface area contributed by atoms with E-state index in [0.717, 1.165) is 30.4 Å². The molecule has 5 heteroatoms. The van der Waals surface area contributed by atoms with E-state index >= 15 is 0 Å².